The topological polar surface area (TPSA) is 93.4 Å². The van der Waals surface area contributed by atoms with E-state index in [4.69, 9.17) is 22.7 Å². The van der Waals surface area contributed by atoms with Crippen molar-refractivity contribution in [2.24, 2.45) is 5.73 Å². The van der Waals surface area contributed by atoms with Crippen LogP contribution in [0.3, 0.4) is 0 Å². The molecule has 27 heavy (non-hydrogen) atoms. The van der Waals surface area contributed by atoms with Gasteiger partial charge in [0.1, 0.15) is 10.8 Å². The minimum absolute atomic E-state index is 0.119. The number of hydrogen-bond donors (Lipinski definition) is 3. The number of hydrogen-bond acceptors (Lipinski definition) is 5. The molecule has 0 unspecified atom stereocenters. The van der Waals surface area contributed by atoms with Crippen molar-refractivity contribution >= 4 is 45.5 Å². The van der Waals surface area contributed by atoms with Gasteiger partial charge in [0.25, 0.3) is 11.8 Å². The Morgan fingerprint density at radius 2 is 1.93 bits per heavy atom. The number of thiocarbonyl (C=S) groups is 1. The molecule has 0 saturated carbocycles. The normalized spacial score (nSPS) is 12.8. The molecule has 1 heterocycles. The van der Waals surface area contributed by atoms with Gasteiger partial charge in [-0.1, -0.05) is 17.7 Å². The molecule has 3 rings (SSSR count). The number of rotatable bonds is 5. The highest BCUT2D eigenvalue weighted by atomic mass is 32.1. The van der Waals surface area contributed by atoms with E-state index in [0.29, 0.717) is 16.3 Å². The number of anilines is 1. The lowest BCUT2D eigenvalue weighted by Crippen LogP contribution is -2.37. The minimum Gasteiger partial charge on any atom is -0.484 e. The van der Waals surface area contributed by atoms with Gasteiger partial charge in [0, 0.05) is 4.88 Å². The predicted molar refractivity (Wildman–Crippen MR) is 111 cm³/mol. The summed E-state index contributed by atoms with van der Waals surface area (Å²) in [5, 5.41) is 6.23. The van der Waals surface area contributed by atoms with Crippen molar-refractivity contribution in [1.29, 1.82) is 0 Å². The fourth-order valence-electron chi connectivity index (χ4n) is 3.00. The van der Waals surface area contributed by atoms with Crippen molar-refractivity contribution in [1.82, 2.24) is 5.32 Å². The molecule has 8 heteroatoms. The van der Waals surface area contributed by atoms with Crippen LogP contribution in [-0.2, 0) is 17.6 Å². The number of carbonyl (C=O) groups excluding carboxylic acids is 2. The van der Waals surface area contributed by atoms with Crippen LogP contribution in [0.5, 0.6) is 5.75 Å². The van der Waals surface area contributed by atoms with Crippen molar-refractivity contribution in [3.63, 3.8) is 0 Å². The molecular weight excluding hydrogens is 382 g/mol. The Kier molecular flexibility index (Phi) is 6.08. The lowest BCUT2D eigenvalue weighted by Gasteiger charge is -2.12. The Balaban J connectivity index is 1.59. The van der Waals surface area contributed by atoms with Crippen LogP contribution in [0, 0.1) is 6.92 Å². The molecule has 0 aliphatic heterocycles. The van der Waals surface area contributed by atoms with Crippen LogP contribution in [0.15, 0.2) is 24.3 Å². The average Bonchev–Trinajstić information content (AvgIpc) is 2.99. The number of aryl methyl sites for hydroxylation is 2. The number of benzene rings is 1. The van der Waals surface area contributed by atoms with Crippen LogP contribution >= 0.6 is 23.6 Å². The average molecular weight is 404 g/mol. The standard InChI is InChI=1S/C19H21N3O3S2/c1-11-6-8-12(9-7-11)25-10-15(23)21-19(26)22-18-16(17(20)24)13-4-2-3-5-14(13)27-18/h6-9H,2-5,10H2,1H3,(H2,20,24)(H2,21,22,23,26). The summed E-state index contributed by atoms with van der Waals surface area (Å²) in [5.41, 5.74) is 8.17. The van der Waals surface area contributed by atoms with Gasteiger partial charge in [-0.25, -0.2) is 0 Å². The molecule has 0 bridgehead atoms. The molecule has 6 nitrogen and oxygen atoms in total. The Hall–Kier alpha value is -2.45. The molecule has 0 saturated heterocycles. The molecule has 0 atom stereocenters. The fourth-order valence-corrected chi connectivity index (χ4v) is 4.57. The number of nitrogens with one attached hydrogen (secondary N) is 2. The Bertz CT molecular complexity index is 875. The number of ether oxygens (including phenoxy) is 1. The lowest BCUT2D eigenvalue weighted by atomic mass is 9.95. The van der Waals surface area contributed by atoms with E-state index in [2.05, 4.69) is 10.6 Å². The fraction of sp³-hybridized carbons (Fsp3) is 0.316. The first-order valence-electron chi connectivity index (χ1n) is 8.68. The summed E-state index contributed by atoms with van der Waals surface area (Å²) in [6.07, 6.45) is 3.92. The van der Waals surface area contributed by atoms with Gasteiger partial charge in [-0.05, 0) is 62.5 Å². The lowest BCUT2D eigenvalue weighted by molar-refractivity contribution is -0.121. The number of carbonyl (C=O) groups is 2. The van der Waals surface area contributed by atoms with Gasteiger partial charge in [0.05, 0.1) is 5.56 Å². The summed E-state index contributed by atoms with van der Waals surface area (Å²) >= 11 is 6.68. The van der Waals surface area contributed by atoms with Crippen LogP contribution in [0.25, 0.3) is 0 Å². The van der Waals surface area contributed by atoms with Crippen LogP contribution in [-0.4, -0.2) is 23.5 Å². The Morgan fingerprint density at radius 1 is 1.22 bits per heavy atom. The van der Waals surface area contributed by atoms with Crippen molar-refractivity contribution in [2.45, 2.75) is 32.6 Å². The molecule has 2 aromatic rings. The zero-order chi connectivity index (χ0) is 19.4. The first-order valence-corrected chi connectivity index (χ1v) is 9.91. The van der Waals surface area contributed by atoms with Crippen molar-refractivity contribution in [2.75, 3.05) is 11.9 Å². The van der Waals surface area contributed by atoms with Crippen LogP contribution in [0.2, 0.25) is 0 Å². The zero-order valence-electron chi connectivity index (χ0n) is 15.0. The summed E-state index contributed by atoms with van der Waals surface area (Å²) < 4.78 is 5.43. The third-order valence-electron chi connectivity index (χ3n) is 4.29. The number of thiophene rings is 1. The molecule has 0 radical (unpaired) electrons. The summed E-state index contributed by atoms with van der Waals surface area (Å²) in [6, 6.07) is 7.41. The van der Waals surface area contributed by atoms with E-state index in [-0.39, 0.29) is 17.6 Å². The van der Waals surface area contributed by atoms with Gasteiger partial charge in [0.15, 0.2) is 11.7 Å². The monoisotopic (exact) mass is 403 g/mol. The second kappa shape index (κ2) is 8.49. The van der Waals surface area contributed by atoms with Gasteiger partial charge in [0.2, 0.25) is 0 Å². The maximum atomic E-state index is 12.0. The molecule has 1 aromatic heterocycles. The summed E-state index contributed by atoms with van der Waals surface area (Å²) in [4.78, 5) is 25.1. The van der Waals surface area contributed by atoms with E-state index in [1.807, 2.05) is 19.1 Å². The third kappa shape index (κ3) is 4.84. The highest BCUT2D eigenvalue weighted by Crippen LogP contribution is 2.37. The van der Waals surface area contributed by atoms with Gasteiger partial charge in [-0.15, -0.1) is 11.3 Å². The maximum Gasteiger partial charge on any atom is 0.264 e. The zero-order valence-corrected chi connectivity index (χ0v) is 16.6. The van der Waals surface area contributed by atoms with Crippen molar-refractivity contribution in [3.05, 3.63) is 45.8 Å². The molecule has 1 aromatic carbocycles. The smallest absolute Gasteiger partial charge is 0.264 e. The number of fused-ring (bicyclic) bond motifs is 1. The molecule has 1 aliphatic rings. The molecule has 142 valence electrons. The second-order valence-electron chi connectivity index (χ2n) is 6.38. The SMILES string of the molecule is Cc1ccc(OCC(=O)NC(=S)Nc2sc3c(c2C(N)=O)CCCC3)cc1. The third-order valence-corrected chi connectivity index (χ3v) is 5.70. The van der Waals surface area contributed by atoms with Gasteiger partial charge in [-0.2, -0.15) is 0 Å². The number of primary amides is 1. The van der Waals surface area contributed by atoms with E-state index in [1.54, 1.807) is 12.1 Å². The summed E-state index contributed by atoms with van der Waals surface area (Å²) in [5.74, 6) is -0.250. The number of amides is 2. The van der Waals surface area contributed by atoms with E-state index in [0.717, 1.165) is 41.7 Å². The van der Waals surface area contributed by atoms with Crippen LogP contribution in [0.1, 0.15) is 39.2 Å². The Morgan fingerprint density at radius 3 is 2.63 bits per heavy atom. The second-order valence-corrected chi connectivity index (χ2v) is 7.90. The first-order chi connectivity index (χ1) is 12.9. The molecule has 1 aliphatic carbocycles. The first kappa shape index (κ1) is 19.3. The van der Waals surface area contributed by atoms with Gasteiger partial charge in [-0.3, -0.25) is 14.9 Å². The summed E-state index contributed by atoms with van der Waals surface area (Å²) in [7, 11) is 0. The molecule has 4 N–H and O–H groups in total. The van der Waals surface area contributed by atoms with Crippen molar-refractivity contribution < 1.29 is 14.3 Å². The van der Waals surface area contributed by atoms with E-state index < -0.39 is 5.91 Å². The minimum atomic E-state index is -0.478. The van der Waals surface area contributed by atoms with E-state index in [1.165, 1.54) is 11.3 Å². The van der Waals surface area contributed by atoms with E-state index in [9.17, 15) is 9.59 Å². The van der Waals surface area contributed by atoms with E-state index >= 15 is 0 Å². The highest BCUT2D eigenvalue weighted by molar-refractivity contribution is 7.80. The molecule has 0 spiro atoms. The van der Waals surface area contributed by atoms with Crippen molar-refractivity contribution in [3.8, 4) is 5.75 Å². The summed E-state index contributed by atoms with van der Waals surface area (Å²) in [6.45, 7) is 1.82. The molecule has 2 amide bonds. The van der Waals surface area contributed by atoms with Gasteiger partial charge >= 0.3 is 0 Å². The van der Waals surface area contributed by atoms with Crippen LogP contribution in [0.4, 0.5) is 5.00 Å². The largest absolute Gasteiger partial charge is 0.484 e. The Labute approximate surface area is 167 Å². The molecule has 0 fully saturated rings. The van der Waals surface area contributed by atoms with Crippen LogP contribution < -0.4 is 21.1 Å². The predicted octanol–water partition coefficient (Wildman–Crippen LogP) is 2.93. The maximum absolute atomic E-state index is 12.0. The highest BCUT2D eigenvalue weighted by Gasteiger charge is 2.24. The quantitative estimate of drug-likeness (QED) is 0.668. The number of nitrogens with two attached hydrogens (primary N) is 1. The van der Waals surface area contributed by atoms with Gasteiger partial charge < -0.3 is 15.8 Å². The molecular formula is C19H21N3O3S2.